The molecule has 1 nitrogen and oxygen atoms in total. The second-order valence-electron chi connectivity index (χ2n) is 3.57. The molecule has 0 spiro atoms. The fraction of sp³-hybridized carbons (Fsp3) is 0.500. The van der Waals surface area contributed by atoms with Gasteiger partial charge in [-0.25, -0.2) is 0 Å². The quantitative estimate of drug-likeness (QED) is 0.690. The van der Waals surface area contributed by atoms with E-state index in [4.69, 9.17) is 5.73 Å². The predicted molar refractivity (Wildman–Crippen MR) is 59.1 cm³/mol. The number of nitrogens with two attached hydrogens (primary N) is 1. The number of nitrogen functional groups attached to an aromatic ring is 1. The molecule has 0 aliphatic heterocycles. The minimum absolute atomic E-state index is 0.984. The molecule has 0 saturated heterocycles. The Morgan fingerprint density at radius 3 is 2.00 bits per heavy atom. The maximum atomic E-state index is 6.02. The van der Waals surface area contributed by atoms with Crippen LogP contribution in [0.2, 0.25) is 0 Å². The van der Waals surface area contributed by atoms with Crippen LogP contribution in [0.3, 0.4) is 0 Å². The first-order valence-electron chi connectivity index (χ1n) is 4.99. The molecule has 0 atom stereocenters. The average molecular weight is 177 g/mol. The van der Waals surface area contributed by atoms with Crippen molar-refractivity contribution >= 4 is 5.69 Å². The standard InChI is InChI=1S/C12H19N/c1-5-10-7-11(6-2)12(13)9(4)8(10)3/h7H,5-6,13H2,1-4H3. The van der Waals surface area contributed by atoms with Crippen LogP contribution < -0.4 is 5.73 Å². The van der Waals surface area contributed by atoms with Crippen molar-refractivity contribution in [3.63, 3.8) is 0 Å². The minimum atomic E-state index is 0.984. The van der Waals surface area contributed by atoms with Crippen molar-refractivity contribution < 1.29 is 0 Å². The van der Waals surface area contributed by atoms with Gasteiger partial charge in [0.05, 0.1) is 0 Å². The van der Waals surface area contributed by atoms with E-state index in [9.17, 15) is 0 Å². The summed E-state index contributed by atoms with van der Waals surface area (Å²) in [7, 11) is 0. The predicted octanol–water partition coefficient (Wildman–Crippen LogP) is 3.01. The maximum Gasteiger partial charge on any atom is 0.0379 e. The van der Waals surface area contributed by atoms with Crippen LogP contribution in [0.25, 0.3) is 0 Å². The van der Waals surface area contributed by atoms with Gasteiger partial charge in [0.25, 0.3) is 0 Å². The summed E-state index contributed by atoms with van der Waals surface area (Å²) in [6.45, 7) is 8.62. The number of hydrogen-bond donors (Lipinski definition) is 1. The second-order valence-corrected chi connectivity index (χ2v) is 3.57. The van der Waals surface area contributed by atoms with Gasteiger partial charge in [0, 0.05) is 5.69 Å². The van der Waals surface area contributed by atoms with Crippen molar-refractivity contribution in [2.24, 2.45) is 0 Å². The lowest BCUT2D eigenvalue weighted by molar-refractivity contribution is 1.05. The van der Waals surface area contributed by atoms with E-state index in [1.807, 2.05) is 0 Å². The Balaban J connectivity index is 3.36. The van der Waals surface area contributed by atoms with Crippen LogP contribution in [0.5, 0.6) is 0 Å². The molecule has 1 aromatic rings. The molecule has 1 aromatic carbocycles. The van der Waals surface area contributed by atoms with Crippen LogP contribution in [0, 0.1) is 13.8 Å². The SMILES string of the molecule is CCc1cc(CC)c(N)c(C)c1C. The zero-order chi connectivity index (χ0) is 10.0. The molecule has 0 unspecified atom stereocenters. The first-order valence-corrected chi connectivity index (χ1v) is 4.99. The number of benzene rings is 1. The zero-order valence-corrected chi connectivity index (χ0v) is 9.07. The van der Waals surface area contributed by atoms with Gasteiger partial charge in [0.2, 0.25) is 0 Å². The number of rotatable bonds is 2. The highest BCUT2D eigenvalue weighted by atomic mass is 14.6. The Morgan fingerprint density at radius 1 is 1.00 bits per heavy atom. The van der Waals surface area contributed by atoms with E-state index in [1.165, 1.54) is 22.3 Å². The summed E-state index contributed by atoms with van der Waals surface area (Å²) in [4.78, 5) is 0. The highest BCUT2D eigenvalue weighted by molar-refractivity contribution is 5.58. The molecule has 0 aromatic heterocycles. The highest BCUT2D eigenvalue weighted by Crippen LogP contribution is 2.25. The fourth-order valence-electron chi connectivity index (χ4n) is 1.74. The van der Waals surface area contributed by atoms with Gasteiger partial charge in [-0.3, -0.25) is 0 Å². The topological polar surface area (TPSA) is 26.0 Å². The van der Waals surface area contributed by atoms with E-state index in [1.54, 1.807) is 0 Å². The van der Waals surface area contributed by atoms with Gasteiger partial charge in [-0.15, -0.1) is 0 Å². The molecule has 0 fully saturated rings. The average Bonchev–Trinajstić information content (AvgIpc) is 2.15. The van der Waals surface area contributed by atoms with Gasteiger partial charge in [0.1, 0.15) is 0 Å². The number of anilines is 1. The van der Waals surface area contributed by atoms with E-state index < -0.39 is 0 Å². The van der Waals surface area contributed by atoms with Crippen LogP contribution in [0.15, 0.2) is 6.07 Å². The lowest BCUT2D eigenvalue weighted by Crippen LogP contribution is -2.01. The van der Waals surface area contributed by atoms with Crippen LogP contribution in [-0.4, -0.2) is 0 Å². The molecule has 0 heterocycles. The molecule has 2 N–H and O–H groups in total. The molecule has 0 bridgehead atoms. The summed E-state index contributed by atoms with van der Waals surface area (Å²) in [5, 5.41) is 0. The molecule has 0 aliphatic rings. The Kier molecular flexibility index (Phi) is 2.97. The van der Waals surface area contributed by atoms with Gasteiger partial charge in [-0.05, 0) is 48.9 Å². The lowest BCUT2D eigenvalue weighted by Gasteiger charge is -2.13. The summed E-state index contributed by atoms with van der Waals surface area (Å²) < 4.78 is 0. The summed E-state index contributed by atoms with van der Waals surface area (Å²) in [5.74, 6) is 0. The molecular formula is C12H19N. The third-order valence-electron chi connectivity index (χ3n) is 2.90. The van der Waals surface area contributed by atoms with E-state index in [-0.39, 0.29) is 0 Å². The largest absolute Gasteiger partial charge is 0.398 e. The molecule has 13 heavy (non-hydrogen) atoms. The summed E-state index contributed by atoms with van der Waals surface area (Å²) in [6, 6.07) is 2.25. The maximum absolute atomic E-state index is 6.02. The number of aryl methyl sites for hydroxylation is 2. The van der Waals surface area contributed by atoms with E-state index in [0.29, 0.717) is 0 Å². The molecule has 0 aliphatic carbocycles. The van der Waals surface area contributed by atoms with Gasteiger partial charge < -0.3 is 5.73 Å². The van der Waals surface area contributed by atoms with E-state index in [0.717, 1.165) is 18.5 Å². The van der Waals surface area contributed by atoms with Crippen molar-refractivity contribution in [1.82, 2.24) is 0 Å². The Hall–Kier alpha value is -0.980. The second kappa shape index (κ2) is 3.82. The van der Waals surface area contributed by atoms with Crippen LogP contribution in [-0.2, 0) is 12.8 Å². The third-order valence-corrected chi connectivity index (χ3v) is 2.90. The monoisotopic (exact) mass is 177 g/mol. The molecule has 0 saturated carbocycles. The normalized spacial score (nSPS) is 10.5. The summed E-state index contributed by atoms with van der Waals surface area (Å²) >= 11 is 0. The van der Waals surface area contributed by atoms with Gasteiger partial charge >= 0.3 is 0 Å². The highest BCUT2D eigenvalue weighted by Gasteiger charge is 2.07. The molecule has 0 radical (unpaired) electrons. The lowest BCUT2D eigenvalue weighted by atomic mass is 9.95. The van der Waals surface area contributed by atoms with Crippen LogP contribution in [0.1, 0.15) is 36.1 Å². The van der Waals surface area contributed by atoms with Crippen molar-refractivity contribution in [3.8, 4) is 0 Å². The molecule has 1 rings (SSSR count). The van der Waals surface area contributed by atoms with Gasteiger partial charge in [0.15, 0.2) is 0 Å². The molecule has 1 heteroatoms. The van der Waals surface area contributed by atoms with Crippen LogP contribution >= 0.6 is 0 Å². The van der Waals surface area contributed by atoms with Crippen molar-refractivity contribution in [1.29, 1.82) is 0 Å². The van der Waals surface area contributed by atoms with Crippen molar-refractivity contribution in [3.05, 3.63) is 28.3 Å². The minimum Gasteiger partial charge on any atom is -0.398 e. The third kappa shape index (κ3) is 1.69. The van der Waals surface area contributed by atoms with E-state index in [2.05, 4.69) is 33.8 Å². The Morgan fingerprint density at radius 2 is 1.54 bits per heavy atom. The van der Waals surface area contributed by atoms with E-state index >= 15 is 0 Å². The zero-order valence-electron chi connectivity index (χ0n) is 9.07. The van der Waals surface area contributed by atoms with Crippen molar-refractivity contribution in [2.75, 3.05) is 5.73 Å². The van der Waals surface area contributed by atoms with Crippen LogP contribution in [0.4, 0.5) is 5.69 Å². The molecule has 0 amide bonds. The first-order chi connectivity index (χ1) is 6.11. The first kappa shape index (κ1) is 10.1. The Labute approximate surface area is 81.0 Å². The van der Waals surface area contributed by atoms with Gasteiger partial charge in [-0.1, -0.05) is 19.9 Å². The Bertz CT molecular complexity index is 285. The molecular weight excluding hydrogens is 158 g/mol. The summed E-state index contributed by atoms with van der Waals surface area (Å²) in [5.41, 5.74) is 12.3. The van der Waals surface area contributed by atoms with Crippen molar-refractivity contribution in [2.45, 2.75) is 40.5 Å². The number of hydrogen-bond acceptors (Lipinski definition) is 1. The fourth-order valence-corrected chi connectivity index (χ4v) is 1.74. The van der Waals surface area contributed by atoms with Gasteiger partial charge in [-0.2, -0.15) is 0 Å². The summed E-state index contributed by atoms with van der Waals surface area (Å²) in [6.07, 6.45) is 2.12. The smallest absolute Gasteiger partial charge is 0.0379 e. The molecule has 72 valence electrons.